The minimum Gasteiger partial charge on any atom is -0.431 e. The van der Waals surface area contributed by atoms with Crippen molar-refractivity contribution in [1.82, 2.24) is 0 Å². The first-order valence-corrected chi connectivity index (χ1v) is 4.62. The van der Waals surface area contributed by atoms with Crippen molar-refractivity contribution in [3.63, 3.8) is 0 Å². The van der Waals surface area contributed by atoms with Gasteiger partial charge in [-0.25, -0.2) is 4.79 Å². The fourth-order valence-electron chi connectivity index (χ4n) is 1.49. The first kappa shape index (κ1) is 9.46. The van der Waals surface area contributed by atoms with Crippen LogP contribution in [-0.2, 0) is 0 Å². The van der Waals surface area contributed by atoms with Gasteiger partial charge in [0, 0.05) is 0 Å². The number of hydrogen-bond acceptors (Lipinski definition) is 2. The van der Waals surface area contributed by atoms with E-state index in [2.05, 4.69) is 6.58 Å². The smallest absolute Gasteiger partial charge is 0.344 e. The quantitative estimate of drug-likeness (QED) is 0.742. The van der Waals surface area contributed by atoms with E-state index in [4.69, 9.17) is 4.42 Å². The molecule has 0 spiro atoms. The summed E-state index contributed by atoms with van der Waals surface area (Å²) in [5.74, 6) is 0. The molecule has 1 heterocycles. The Bertz CT molecular complexity index is 524. The molecule has 1 aromatic heterocycles. The highest BCUT2D eigenvalue weighted by atomic mass is 16.4. The first-order chi connectivity index (χ1) is 7.33. The van der Waals surface area contributed by atoms with E-state index >= 15 is 0 Å². The standard InChI is InChI=1S/C13H10O2/c1-2-10-8-9-15-13(14)12(10)11-6-4-3-5-7-11/h2-9H,1H2. The van der Waals surface area contributed by atoms with Crippen LogP contribution in [0.2, 0.25) is 0 Å². The second-order valence-electron chi connectivity index (χ2n) is 3.11. The van der Waals surface area contributed by atoms with Gasteiger partial charge >= 0.3 is 5.63 Å². The summed E-state index contributed by atoms with van der Waals surface area (Å²) >= 11 is 0. The molecule has 0 fully saturated rings. The average Bonchev–Trinajstić information content (AvgIpc) is 2.29. The highest BCUT2D eigenvalue weighted by Gasteiger charge is 2.07. The molecule has 2 rings (SSSR count). The van der Waals surface area contributed by atoms with Gasteiger partial charge in [0.1, 0.15) is 0 Å². The summed E-state index contributed by atoms with van der Waals surface area (Å²) in [6.07, 6.45) is 3.03. The maximum atomic E-state index is 11.6. The van der Waals surface area contributed by atoms with Crippen LogP contribution in [0.4, 0.5) is 0 Å². The van der Waals surface area contributed by atoms with Gasteiger partial charge in [-0.2, -0.15) is 0 Å². The minimum absolute atomic E-state index is 0.335. The zero-order chi connectivity index (χ0) is 10.7. The lowest BCUT2D eigenvalue weighted by atomic mass is 10.0. The summed E-state index contributed by atoms with van der Waals surface area (Å²) in [5, 5.41) is 0. The van der Waals surface area contributed by atoms with Crippen LogP contribution in [-0.4, -0.2) is 0 Å². The summed E-state index contributed by atoms with van der Waals surface area (Å²) in [6.45, 7) is 3.68. The molecule has 0 aliphatic rings. The van der Waals surface area contributed by atoms with Gasteiger partial charge in [-0.3, -0.25) is 0 Å². The molecule has 0 saturated heterocycles. The lowest BCUT2D eigenvalue weighted by Crippen LogP contribution is -2.03. The summed E-state index contributed by atoms with van der Waals surface area (Å²) in [5.41, 5.74) is 1.87. The highest BCUT2D eigenvalue weighted by molar-refractivity contribution is 5.73. The molecule has 2 heteroatoms. The maximum absolute atomic E-state index is 11.6. The molecule has 0 bridgehead atoms. The van der Waals surface area contributed by atoms with Crippen molar-refractivity contribution < 1.29 is 4.42 Å². The maximum Gasteiger partial charge on any atom is 0.344 e. The Kier molecular flexibility index (Phi) is 2.50. The average molecular weight is 198 g/mol. The molecule has 0 radical (unpaired) electrons. The fraction of sp³-hybridized carbons (Fsp3) is 0. The summed E-state index contributed by atoms with van der Waals surface area (Å²) in [6, 6.07) is 11.2. The van der Waals surface area contributed by atoms with Crippen LogP contribution < -0.4 is 5.63 Å². The van der Waals surface area contributed by atoms with Crippen LogP contribution in [0.5, 0.6) is 0 Å². The van der Waals surface area contributed by atoms with Crippen molar-refractivity contribution in [3.8, 4) is 11.1 Å². The van der Waals surface area contributed by atoms with E-state index in [9.17, 15) is 4.79 Å². The van der Waals surface area contributed by atoms with E-state index in [-0.39, 0.29) is 5.63 Å². The molecule has 0 N–H and O–H groups in total. The Morgan fingerprint density at radius 2 is 1.87 bits per heavy atom. The molecule has 0 aliphatic carbocycles. The van der Waals surface area contributed by atoms with Crippen LogP contribution >= 0.6 is 0 Å². The third kappa shape index (κ3) is 1.74. The van der Waals surface area contributed by atoms with Gasteiger partial charge in [0.2, 0.25) is 0 Å². The van der Waals surface area contributed by atoms with E-state index in [1.807, 2.05) is 30.3 Å². The van der Waals surface area contributed by atoms with Gasteiger partial charge in [0.25, 0.3) is 0 Å². The Balaban J connectivity index is 2.72. The van der Waals surface area contributed by atoms with Crippen molar-refractivity contribution in [2.24, 2.45) is 0 Å². The van der Waals surface area contributed by atoms with E-state index in [0.29, 0.717) is 5.56 Å². The van der Waals surface area contributed by atoms with Crippen molar-refractivity contribution in [2.75, 3.05) is 0 Å². The molecule has 0 aliphatic heterocycles. The predicted molar refractivity (Wildman–Crippen MR) is 60.5 cm³/mol. The molecule has 2 aromatic rings. The third-order valence-electron chi connectivity index (χ3n) is 2.20. The van der Waals surface area contributed by atoms with Crippen LogP contribution in [0.1, 0.15) is 5.56 Å². The fourth-order valence-corrected chi connectivity index (χ4v) is 1.49. The predicted octanol–water partition coefficient (Wildman–Crippen LogP) is 2.95. The van der Waals surface area contributed by atoms with Crippen molar-refractivity contribution >= 4 is 6.08 Å². The van der Waals surface area contributed by atoms with Gasteiger partial charge in [-0.15, -0.1) is 0 Å². The van der Waals surface area contributed by atoms with E-state index in [0.717, 1.165) is 11.1 Å². The zero-order valence-corrected chi connectivity index (χ0v) is 8.14. The number of rotatable bonds is 2. The van der Waals surface area contributed by atoms with Crippen LogP contribution in [0, 0.1) is 0 Å². The molecular weight excluding hydrogens is 188 g/mol. The molecule has 0 unspecified atom stereocenters. The van der Waals surface area contributed by atoms with Gasteiger partial charge in [0.05, 0.1) is 11.8 Å². The van der Waals surface area contributed by atoms with Gasteiger partial charge in [0.15, 0.2) is 0 Å². The van der Waals surface area contributed by atoms with Crippen molar-refractivity contribution in [3.05, 3.63) is 65.2 Å². The normalized spacial score (nSPS) is 9.87. The van der Waals surface area contributed by atoms with Crippen LogP contribution in [0.15, 0.2) is 58.5 Å². The Morgan fingerprint density at radius 1 is 1.13 bits per heavy atom. The first-order valence-electron chi connectivity index (χ1n) is 4.62. The van der Waals surface area contributed by atoms with Crippen molar-refractivity contribution in [1.29, 1.82) is 0 Å². The largest absolute Gasteiger partial charge is 0.431 e. The zero-order valence-electron chi connectivity index (χ0n) is 8.14. The molecular formula is C13H10O2. The molecule has 74 valence electrons. The molecule has 0 saturated carbocycles. The van der Waals surface area contributed by atoms with Gasteiger partial charge in [-0.1, -0.05) is 43.0 Å². The minimum atomic E-state index is -0.335. The topological polar surface area (TPSA) is 30.2 Å². The SMILES string of the molecule is C=Cc1ccoc(=O)c1-c1ccccc1. The third-order valence-corrected chi connectivity index (χ3v) is 2.20. The summed E-state index contributed by atoms with van der Waals surface area (Å²) in [4.78, 5) is 11.6. The number of benzene rings is 1. The van der Waals surface area contributed by atoms with Crippen LogP contribution in [0.25, 0.3) is 17.2 Å². The van der Waals surface area contributed by atoms with Gasteiger partial charge in [-0.05, 0) is 17.2 Å². The Labute approximate surface area is 87.5 Å². The lowest BCUT2D eigenvalue weighted by molar-refractivity contribution is 0.513. The second kappa shape index (κ2) is 3.96. The lowest BCUT2D eigenvalue weighted by Gasteiger charge is -2.02. The molecule has 1 aromatic carbocycles. The molecule has 15 heavy (non-hydrogen) atoms. The number of hydrogen-bond donors (Lipinski definition) is 0. The van der Waals surface area contributed by atoms with Crippen LogP contribution in [0.3, 0.4) is 0 Å². The van der Waals surface area contributed by atoms with Gasteiger partial charge < -0.3 is 4.42 Å². The monoisotopic (exact) mass is 198 g/mol. The van der Waals surface area contributed by atoms with E-state index < -0.39 is 0 Å². The second-order valence-corrected chi connectivity index (χ2v) is 3.11. The Morgan fingerprint density at radius 3 is 2.53 bits per heavy atom. The molecule has 0 amide bonds. The summed E-state index contributed by atoms with van der Waals surface area (Å²) < 4.78 is 4.85. The summed E-state index contributed by atoms with van der Waals surface area (Å²) in [7, 11) is 0. The van der Waals surface area contributed by atoms with E-state index in [1.165, 1.54) is 6.26 Å². The highest BCUT2D eigenvalue weighted by Crippen LogP contribution is 2.20. The van der Waals surface area contributed by atoms with E-state index in [1.54, 1.807) is 12.1 Å². The molecule has 0 atom stereocenters. The van der Waals surface area contributed by atoms with Crippen molar-refractivity contribution in [2.45, 2.75) is 0 Å². The molecule has 2 nitrogen and oxygen atoms in total. The Hall–Kier alpha value is -2.09.